The lowest BCUT2D eigenvalue weighted by molar-refractivity contribution is -0.124. The van der Waals surface area contributed by atoms with E-state index >= 15 is 0 Å². The van der Waals surface area contributed by atoms with Gasteiger partial charge in [0.1, 0.15) is 12.8 Å². The molecule has 2 fully saturated rings. The average Bonchev–Trinajstić information content (AvgIpc) is 3.44. The molecule has 1 atom stereocenters. The summed E-state index contributed by atoms with van der Waals surface area (Å²) in [7, 11) is 0. The summed E-state index contributed by atoms with van der Waals surface area (Å²) in [5, 5.41) is 13.7. The van der Waals surface area contributed by atoms with Crippen LogP contribution in [0.3, 0.4) is 0 Å². The molecule has 1 aliphatic carbocycles. The number of nitrogens with one attached hydrogen (secondary N) is 1. The number of halogens is 1. The van der Waals surface area contributed by atoms with Crippen LogP contribution in [0.1, 0.15) is 40.7 Å². The molecule has 7 nitrogen and oxygen atoms in total. The third kappa shape index (κ3) is 4.48. The number of hydrogen-bond acceptors (Lipinski definition) is 4. The van der Waals surface area contributed by atoms with Crippen molar-refractivity contribution in [1.29, 1.82) is 0 Å². The predicted molar refractivity (Wildman–Crippen MR) is 151 cm³/mol. The zero-order valence-corrected chi connectivity index (χ0v) is 23.0. The first kappa shape index (κ1) is 25.3. The molecule has 3 heterocycles. The highest BCUT2D eigenvalue weighted by atomic mass is 79.9. The van der Waals surface area contributed by atoms with Crippen LogP contribution in [0.15, 0.2) is 65.8 Å². The Bertz CT molecular complexity index is 1400. The van der Waals surface area contributed by atoms with E-state index < -0.39 is 6.23 Å². The predicted octanol–water partition coefficient (Wildman–Crippen LogP) is 3.83. The molecule has 0 radical (unpaired) electrons. The third-order valence-corrected chi connectivity index (χ3v) is 9.21. The van der Waals surface area contributed by atoms with E-state index in [-0.39, 0.29) is 29.8 Å². The third-order valence-electron chi connectivity index (χ3n) is 8.72. The van der Waals surface area contributed by atoms with Crippen LogP contribution in [0.5, 0.6) is 0 Å². The van der Waals surface area contributed by atoms with Crippen LogP contribution in [0.25, 0.3) is 10.9 Å². The van der Waals surface area contributed by atoms with Gasteiger partial charge in [-0.15, -0.1) is 0 Å². The molecular weight excluding hydrogens is 544 g/mol. The molecule has 3 aliphatic rings. The number of piperidine rings is 1. The number of aryl methyl sites for hydroxylation is 1. The van der Waals surface area contributed by atoms with E-state index in [9.17, 15) is 14.7 Å². The van der Waals surface area contributed by atoms with Gasteiger partial charge >= 0.3 is 0 Å². The minimum Gasteiger partial charge on any atom is -0.375 e. The molecule has 1 aromatic heterocycles. The van der Waals surface area contributed by atoms with Crippen LogP contribution >= 0.6 is 15.9 Å². The van der Waals surface area contributed by atoms with Crippen molar-refractivity contribution < 1.29 is 14.7 Å². The molecule has 1 spiro atoms. The number of fused-ring (bicyclic) bond motifs is 3. The monoisotopic (exact) mass is 576 g/mol. The van der Waals surface area contributed by atoms with Crippen LogP contribution in [-0.4, -0.2) is 69.7 Å². The summed E-state index contributed by atoms with van der Waals surface area (Å²) < 4.78 is 2.77. The van der Waals surface area contributed by atoms with Crippen LogP contribution in [-0.2, 0) is 23.2 Å². The zero-order valence-electron chi connectivity index (χ0n) is 21.4. The van der Waals surface area contributed by atoms with Crippen LogP contribution in [0, 0.1) is 0 Å². The lowest BCUT2D eigenvalue weighted by atomic mass is 9.74. The Morgan fingerprint density at radius 1 is 1.16 bits per heavy atom. The topological polar surface area (TPSA) is 77.8 Å². The molecular formula is C30H33BrN4O3. The lowest BCUT2D eigenvalue weighted by Crippen LogP contribution is -2.62. The maximum Gasteiger partial charge on any atom is 0.256 e. The molecule has 6 rings (SSSR count). The fourth-order valence-electron chi connectivity index (χ4n) is 6.56. The number of aliphatic hydroxyl groups excluding tert-OH is 1. The Kier molecular flexibility index (Phi) is 6.66. The molecule has 0 saturated carbocycles. The van der Waals surface area contributed by atoms with Gasteiger partial charge in [0.25, 0.3) is 5.91 Å². The van der Waals surface area contributed by atoms with Crippen molar-refractivity contribution >= 4 is 38.6 Å². The highest BCUT2D eigenvalue weighted by Gasteiger charge is 2.42. The maximum atomic E-state index is 13.8. The van der Waals surface area contributed by atoms with Crippen LogP contribution in [0.2, 0.25) is 0 Å². The summed E-state index contributed by atoms with van der Waals surface area (Å²) in [5.41, 5.74) is 4.64. The minimum absolute atomic E-state index is 0.00411. The fraction of sp³-hybridized carbons (Fsp3) is 0.400. The largest absolute Gasteiger partial charge is 0.375 e. The summed E-state index contributed by atoms with van der Waals surface area (Å²) in [6, 6.07) is 14.6. The Balaban J connectivity index is 1.16. The number of rotatable bonds is 6. The van der Waals surface area contributed by atoms with Crippen molar-refractivity contribution in [3.8, 4) is 0 Å². The Hall–Kier alpha value is -2.94. The molecule has 3 aromatic rings. The summed E-state index contributed by atoms with van der Waals surface area (Å²) in [6.07, 6.45) is 6.90. The summed E-state index contributed by atoms with van der Waals surface area (Å²) >= 11 is 3.56. The molecule has 2 saturated heterocycles. The Morgan fingerprint density at radius 2 is 1.92 bits per heavy atom. The number of carbonyl (C=O) groups excluding carboxylic acids is 2. The van der Waals surface area contributed by atoms with E-state index in [1.807, 2.05) is 38.8 Å². The number of aliphatic hydroxyl groups is 1. The van der Waals surface area contributed by atoms with Crippen LogP contribution in [0.4, 0.5) is 0 Å². The maximum absolute atomic E-state index is 13.8. The molecule has 2 aromatic carbocycles. The number of aromatic nitrogens is 1. The van der Waals surface area contributed by atoms with Gasteiger partial charge in [0, 0.05) is 47.8 Å². The summed E-state index contributed by atoms with van der Waals surface area (Å²) in [5.74, 6) is -0.0807. The first-order valence-electron chi connectivity index (χ1n) is 13.4. The first-order valence-corrected chi connectivity index (χ1v) is 14.2. The van der Waals surface area contributed by atoms with E-state index in [0.717, 1.165) is 47.7 Å². The fourth-order valence-corrected chi connectivity index (χ4v) is 6.92. The number of hydrogen-bond donors (Lipinski definition) is 2. The molecule has 2 aliphatic heterocycles. The smallest absolute Gasteiger partial charge is 0.256 e. The van der Waals surface area contributed by atoms with Gasteiger partial charge in [-0.25, -0.2) is 0 Å². The van der Waals surface area contributed by atoms with Gasteiger partial charge in [-0.05, 0) is 66.5 Å². The normalized spacial score (nSPS) is 19.8. The second-order valence-corrected chi connectivity index (χ2v) is 11.8. The Labute approximate surface area is 231 Å². The second kappa shape index (κ2) is 9.98. The Morgan fingerprint density at radius 3 is 2.68 bits per heavy atom. The number of benzene rings is 2. The van der Waals surface area contributed by atoms with Gasteiger partial charge in [-0.2, -0.15) is 0 Å². The lowest BCUT2D eigenvalue weighted by Gasteiger charge is -2.41. The molecule has 8 heteroatoms. The standard InChI is InChI=1S/C30H33BrN4O3/c1-2-28(37)35-16-22(17-35)32-27(36)19-34-18-24(23-15-21(31)7-8-26(23)34)29(38)33-13-11-30(12-14-33)10-9-20-5-3-4-6-25(20)30/h2-8,15,18,22,28,37H,1,9-14,16-17,19H2,(H,32,36). The average molecular weight is 578 g/mol. The minimum atomic E-state index is -0.684. The van der Waals surface area contributed by atoms with E-state index in [1.165, 1.54) is 23.6 Å². The summed E-state index contributed by atoms with van der Waals surface area (Å²) in [4.78, 5) is 30.5. The van der Waals surface area contributed by atoms with Crippen molar-refractivity contribution in [2.45, 2.75) is 49.9 Å². The van der Waals surface area contributed by atoms with Crippen molar-refractivity contribution in [3.63, 3.8) is 0 Å². The second-order valence-electron chi connectivity index (χ2n) is 10.9. The van der Waals surface area contributed by atoms with Crippen molar-refractivity contribution in [1.82, 2.24) is 19.7 Å². The highest BCUT2D eigenvalue weighted by Crippen LogP contribution is 2.46. The molecule has 0 bridgehead atoms. The van der Waals surface area contributed by atoms with Crippen molar-refractivity contribution in [2.24, 2.45) is 0 Å². The number of likely N-dealkylation sites (tertiary alicyclic amines) is 2. The molecule has 198 valence electrons. The van der Waals surface area contributed by atoms with Crippen molar-refractivity contribution in [2.75, 3.05) is 26.2 Å². The summed E-state index contributed by atoms with van der Waals surface area (Å²) in [6.45, 7) is 6.38. The first-order chi connectivity index (χ1) is 18.4. The molecule has 38 heavy (non-hydrogen) atoms. The van der Waals surface area contributed by atoms with E-state index in [4.69, 9.17) is 0 Å². The quantitative estimate of drug-likeness (QED) is 0.437. The van der Waals surface area contributed by atoms with Gasteiger partial charge in [-0.3, -0.25) is 14.5 Å². The van der Waals surface area contributed by atoms with E-state index in [1.54, 1.807) is 0 Å². The number of nitrogens with zero attached hydrogens (tertiary/aromatic N) is 3. The highest BCUT2D eigenvalue weighted by molar-refractivity contribution is 9.10. The van der Waals surface area contributed by atoms with Gasteiger partial charge in [-0.1, -0.05) is 46.8 Å². The van der Waals surface area contributed by atoms with Gasteiger partial charge in [0.2, 0.25) is 5.91 Å². The molecule has 2 amide bonds. The van der Waals surface area contributed by atoms with Gasteiger partial charge in [0.15, 0.2) is 0 Å². The van der Waals surface area contributed by atoms with E-state index in [2.05, 4.69) is 52.1 Å². The molecule has 1 unspecified atom stereocenters. The van der Waals surface area contributed by atoms with Gasteiger partial charge in [0.05, 0.1) is 11.6 Å². The molecule has 2 N–H and O–H groups in total. The van der Waals surface area contributed by atoms with Gasteiger partial charge < -0.3 is 19.9 Å². The number of carbonyl (C=O) groups is 2. The van der Waals surface area contributed by atoms with Crippen LogP contribution < -0.4 is 5.32 Å². The van der Waals surface area contributed by atoms with E-state index in [0.29, 0.717) is 18.7 Å². The van der Waals surface area contributed by atoms with Crippen molar-refractivity contribution in [3.05, 3.63) is 82.5 Å². The number of amides is 2. The zero-order chi connectivity index (χ0) is 26.4. The SMILES string of the molecule is C=CC(O)N1CC(NC(=O)Cn2cc(C(=O)N3CCC4(CCc5ccccc54)CC3)c3cc(Br)ccc32)C1.